The second-order valence-corrected chi connectivity index (χ2v) is 7.11. The van der Waals surface area contributed by atoms with E-state index in [9.17, 15) is 0 Å². The fourth-order valence-electron chi connectivity index (χ4n) is 3.74. The molecule has 1 aliphatic rings. The van der Waals surface area contributed by atoms with Crippen molar-refractivity contribution in [2.45, 2.75) is 18.4 Å². The number of para-hydroxylation sites is 1. The van der Waals surface area contributed by atoms with Crippen molar-refractivity contribution in [3.05, 3.63) is 102 Å². The Morgan fingerprint density at radius 2 is 1.31 bits per heavy atom. The zero-order chi connectivity index (χ0) is 17.8. The van der Waals surface area contributed by atoms with Gasteiger partial charge in [-0.25, -0.2) is 0 Å². The van der Waals surface area contributed by atoms with Gasteiger partial charge >= 0.3 is 0 Å². The highest BCUT2D eigenvalue weighted by Crippen LogP contribution is 2.40. The third-order valence-corrected chi connectivity index (χ3v) is 5.38. The highest BCUT2D eigenvalue weighted by molar-refractivity contribution is 7.80. The lowest BCUT2D eigenvalue weighted by molar-refractivity contribution is 0.405. The van der Waals surface area contributed by atoms with Crippen molar-refractivity contribution in [2.24, 2.45) is 0 Å². The molecule has 0 radical (unpaired) electrons. The molecule has 4 rings (SSSR count). The maximum absolute atomic E-state index is 5.79. The fraction of sp³-hybridized carbons (Fsp3) is 0.174. The SMILES string of the molecule is S=C(Nc1ccccc1)N1C[C@@H](c2ccccc2)C[C@H]1c1ccccc1. The first-order valence-electron chi connectivity index (χ1n) is 9.04. The average molecular weight is 359 g/mol. The molecule has 1 fully saturated rings. The van der Waals surface area contributed by atoms with Crippen molar-refractivity contribution in [2.75, 3.05) is 11.9 Å². The number of hydrogen-bond donors (Lipinski definition) is 1. The largest absolute Gasteiger partial charge is 0.341 e. The van der Waals surface area contributed by atoms with Crippen LogP contribution in [-0.2, 0) is 0 Å². The summed E-state index contributed by atoms with van der Waals surface area (Å²) < 4.78 is 0. The molecule has 0 unspecified atom stereocenters. The predicted octanol–water partition coefficient (Wildman–Crippen LogP) is 5.61. The molecule has 0 saturated carbocycles. The predicted molar refractivity (Wildman–Crippen MR) is 112 cm³/mol. The minimum atomic E-state index is 0.296. The molecule has 3 aromatic rings. The number of nitrogens with one attached hydrogen (secondary N) is 1. The van der Waals surface area contributed by atoms with Crippen LogP contribution < -0.4 is 5.32 Å². The van der Waals surface area contributed by atoms with Crippen molar-refractivity contribution in [1.29, 1.82) is 0 Å². The van der Waals surface area contributed by atoms with E-state index in [4.69, 9.17) is 12.2 Å². The summed E-state index contributed by atoms with van der Waals surface area (Å²) in [6.45, 7) is 0.933. The molecule has 2 atom stereocenters. The summed E-state index contributed by atoms with van der Waals surface area (Å²) in [7, 11) is 0. The van der Waals surface area contributed by atoms with E-state index < -0.39 is 0 Å². The lowest BCUT2D eigenvalue weighted by Gasteiger charge is -2.28. The second-order valence-electron chi connectivity index (χ2n) is 6.72. The second kappa shape index (κ2) is 7.71. The van der Waals surface area contributed by atoms with Crippen LogP contribution in [0.15, 0.2) is 91.0 Å². The van der Waals surface area contributed by atoms with E-state index in [0.717, 1.165) is 23.8 Å². The number of hydrogen-bond acceptors (Lipinski definition) is 1. The number of rotatable bonds is 3. The lowest BCUT2D eigenvalue weighted by Crippen LogP contribution is -2.34. The molecular formula is C23H22N2S. The van der Waals surface area contributed by atoms with Crippen molar-refractivity contribution >= 4 is 23.0 Å². The van der Waals surface area contributed by atoms with Crippen LogP contribution >= 0.6 is 12.2 Å². The molecule has 0 aromatic heterocycles. The minimum absolute atomic E-state index is 0.296. The van der Waals surface area contributed by atoms with E-state index >= 15 is 0 Å². The quantitative estimate of drug-likeness (QED) is 0.612. The number of nitrogens with zero attached hydrogens (tertiary/aromatic N) is 1. The summed E-state index contributed by atoms with van der Waals surface area (Å²) in [6.07, 6.45) is 1.07. The molecule has 1 saturated heterocycles. The summed E-state index contributed by atoms with van der Waals surface area (Å²) in [4.78, 5) is 2.34. The Hall–Kier alpha value is -2.65. The van der Waals surface area contributed by atoms with Gasteiger partial charge in [0.15, 0.2) is 5.11 Å². The maximum atomic E-state index is 5.79. The van der Waals surface area contributed by atoms with Gasteiger partial charge in [-0.05, 0) is 41.9 Å². The van der Waals surface area contributed by atoms with Crippen LogP contribution in [0.3, 0.4) is 0 Å². The van der Waals surface area contributed by atoms with Gasteiger partial charge in [-0.15, -0.1) is 0 Å². The molecule has 26 heavy (non-hydrogen) atoms. The van der Waals surface area contributed by atoms with Crippen molar-refractivity contribution in [1.82, 2.24) is 4.90 Å². The first-order chi connectivity index (χ1) is 12.8. The van der Waals surface area contributed by atoms with Gasteiger partial charge in [0.25, 0.3) is 0 Å². The zero-order valence-electron chi connectivity index (χ0n) is 14.6. The van der Waals surface area contributed by atoms with Crippen molar-refractivity contribution in [3.8, 4) is 0 Å². The number of anilines is 1. The van der Waals surface area contributed by atoms with Gasteiger partial charge in [-0.1, -0.05) is 78.9 Å². The molecular weight excluding hydrogens is 336 g/mol. The number of benzene rings is 3. The number of thiocarbonyl (C=S) groups is 1. The fourth-order valence-corrected chi connectivity index (χ4v) is 4.05. The topological polar surface area (TPSA) is 15.3 Å². The summed E-state index contributed by atoms with van der Waals surface area (Å²) in [5.74, 6) is 0.483. The third-order valence-electron chi connectivity index (χ3n) is 5.04. The van der Waals surface area contributed by atoms with E-state index in [1.807, 2.05) is 18.2 Å². The third kappa shape index (κ3) is 3.63. The van der Waals surface area contributed by atoms with Gasteiger partial charge in [-0.3, -0.25) is 0 Å². The Morgan fingerprint density at radius 1 is 0.769 bits per heavy atom. The molecule has 1 N–H and O–H groups in total. The summed E-state index contributed by atoms with van der Waals surface area (Å²) in [5, 5.41) is 4.21. The molecule has 0 amide bonds. The Labute approximate surface area is 160 Å². The lowest BCUT2D eigenvalue weighted by atomic mass is 9.94. The van der Waals surface area contributed by atoms with Crippen LogP contribution in [-0.4, -0.2) is 16.6 Å². The molecule has 0 aliphatic carbocycles. The van der Waals surface area contributed by atoms with Crippen LogP contribution in [0.1, 0.15) is 29.5 Å². The van der Waals surface area contributed by atoms with Crippen LogP contribution in [0.2, 0.25) is 0 Å². The van der Waals surface area contributed by atoms with Gasteiger partial charge in [0.05, 0.1) is 6.04 Å². The summed E-state index contributed by atoms with van der Waals surface area (Å²) in [6, 6.07) is 31.9. The summed E-state index contributed by atoms with van der Waals surface area (Å²) in [5.41, 5.74) is 3.74. The molecule has 1 heterocycles. The van der Waals surface area contributed by atoms with Gasteiger partial charge in [0.1, 0.15) is 0 Å². The van der Waals surface area contributed by atoms with Crippen LogP contribution in [0.25, 0.3) is 0 Å². The maximum Gasteiger partial charge on any atom is 0.173 e. The molecule has 3 heteroatoms. The average Bonchev–Trinajstić information content (AvgIpc) is 3.16. The van der Waals surface area contributed by atoms with Gasteiger partial charge in [-0.2, -0.15) is 0 Å². The highest BCUT2D eigenvalue weighted by Gasteiger charge is 2.35. The molecule has 2 nitrogen and oxygen atoms in total. The molecule has 0 bridgehead atoms. The first kappa shape index (κ1) is 16.8. The van der Waals surface area contributed by atoms with Gasteiger partial charge < -0.3 is 10.2 Å². The first-order valence-corrected chi connectivity index (χ1v) is 9.44. The zero-order valence-corrected chi connectivity index (χ0v) is 15.4. The van der Waals surface area contributed by atoms with Crippen molar-refractivity contribution in [3.63, 3.8) is 0 Å². The van der Waals surface area contributed by atoms with Gasteiger partial charge in [0.2, 0.25) is 0 Å². The highest BCUT2D eigenvalue weighted by atomic mass is 32.1. The standard InChI is InChI=1S/C23H22N2S/c26-23(24-21-14-8-3-9-15-21)25-17-20(18-10-4-1-5-11-18)16-22(25)19-12-6-2-7-13-19/h1-15,20,22H,16-17H2,(H,24,26)/t20-,22-/m0/s1. The normalized spacial score (nSPS) is 19.3. The Kier molecular flexibility index (Phi) is 4.98. The van der Waals surface area contributed by atoms with E-state index in [-0.39, 0.29) is 0 Å². The molecule has 0 spiro atoms. The molecule has 1 aliphatic heterocycles. The van der Waals surface area contributed by atoms with Crippen molar-refractivity contribution < 1.29 is 0 Å². The van der Waals surface area contributed by atoms with E-state index in [0.29, 0.717) is 12.0 Å². The van der Waals surface area contributed by atoms with E-state index in [2.05, 4.69) is 83.0 Å². The Bertz CT molecular complexity index is 849. The molecule has 3 aromatic carbocycles. The smallest absolute Gasteiger partial charge is 0.173 e. The Morgan fingerprint density at radius 3 is 1.92 bits per heavy atom. The van der Waals surface area contributed by atoms with E-state index in [1.54, 1.807) is 0 Å². The Balaban J connectivity index is 1.60. The van der Waals surface area contributed by atoms with E-state index in [1.165, 1.54) is 11.1 Å². The van der Waals surface area contributed by atoms with Crippen LogP contribution in [0.5, 0.6) is 0 Å². The van der Waals surface area contributed by atoms with Crippen LogP contribution in [0, 0.1) is 0 Å². The van der Waals surface area contributed by atoms with Crippen LogP contribution in [0.4, 0.5) is 5.69 Å². The van der Waals surface area contributed by atoms with Gasteiger partial charge in [0, 0.05) is 18.2 Å². The summed E-state index contributed by atoms with van der Waals surface area (Å²) >= 11 is 5.79. The number of likely N-dealkylation sites (tertiary alicyclic amines) is 1. The molecule has 130 valence electrons. The minimum Gasteiger partial charge on any atom is -0.341 e. The monoisotopic (exact) mass is 358 g/mol.